The lowest BCUT2D eigenvalue weighted by molar-refractivity contribution is -0.118. The molecule has 2 N–H and O–H groups in total. The molecule has 3 aromatic rings. The van der Waals surface area contributed by atoms with E-state index in [1.165, 1.54) is 11.1 Å². The minimum atomic E-state index is -0.219. The highest BCUT2D eigenvalue weighted by molar-refractivity contribution is 5.80. The van der Waals surface area contributed by atoms with Gasteiger partial charge in [-0.25, -0.2) is 0 Å². The monoisotopic (exact) mass is 344 g/mol. The zero-order valence-electron chi connectivity index (χ0n) is 14.3. The van der Waals surface area contributed by atoms with Gasteiger partial charge in [-0.3, -0.25) is 9.69 Å². The topological polar surface area (TPSA) is 52.6 Å². The predicted molar refractivity (Wildman–Crippen MR) is 101 cm³/mol. The van der Waals surface area contributed by atoms with Crippen LogP contribution >= 0.6 is 0 Å². The molecule has 1 saturated heterocycles. The summed E-state index contributed by atoms with van der Waals surface area (Å²) in [6.45, 7) is 1.01. The maximum Gasteiger partial charge on any atom is 0.235 e. The molecule has 4 nitrogen and oxygen atoms in total. The third-order valence-corrected chi connectivity index (χ3v) is 4.64. The number of aromatic hydroxyl groups is 1. The maximum atomic E-state index is 11.9. The number of nitrogens with one attached hydrogen (secondary N) is 1. The number of carbonyl (C=O) groups is 1. The first kappa shape index (κ1) is 16.4. The van der Waals surface area contributed by atoms with E-state index in [1.807, 2.05) is 24.3 Å². The van der Waals surface area contributed by atoms with Gasteiger partial charge < -0.3 is 10.4 Å². The average Bonchev–Trinajstić information content (AvgIpc) is 3.03. The molecule has 4 rings (SSSR count). The Morgan fingerprint density at radius 2 is 1.65 bits per heavy atom. The van der Waals surface area contributed by atoms with Crippen molar-refractivity contribution in [3.05, 3.63) is 90.0 Å². The van der Waals surface area contributed by atoms with Gasteiger partial charge in [0.2, 0.25) is 5.91 Å². The largest absolute Gasteiger partial charge is 0.508 e. The number of hydrogen-bond donors (Lipinski definition) is 2. The van der Waals surface area contributed by atoms with Crippen LogP contribution in [0.15, 0.2) is 78.9 Å². The number of nitrogens with zero attached hydrogens (tertiary/aromatic N) is 1. The molecule has 0 spiro atoms. The Bertz CT molecular complexity index is 907. The number of carbonyl (C=O) groups excluding carboxylic acids is 1. The molecule has 3 aromatic carbocycles. The lowest BCUT2D eigenvalue weighted by Crippen LogP contribution is -2.27. The number of phenolic OH excluding ortho intramolecular Hbond substituents is 1. The molecule has 1 aliphatic rings. The number of phenols is 1. The van der Waals surface area contributed by atoms with Crippen LogP contribution in [0.25, 0.3) is 11.1 Å². The van der Waals surface area contributed by atoms with E-state index in [1.54, 1.807) is 18.2 Å². The summed E-state index contributed by atoms with van der Waals surface area (Å²) in [7, 11) is 0. The minimum absolute atomic E-state index is 0.000696. The van der Waals surface area contributed by atoms with E-state index < -0.39 is 0 Å². The zero-order valence-corrected chi connectivity index (χ0v) is 14.3. The summed E-state index contributed by atoms with van der Waals surface area (Å²) >= 11 is 0. The van der Waals surface area contributed by atoms with Gasteiger partial charge in [0.1, 0.15) is 11.9 Å². The summed E-state index contributed by atoms with van der Waals surface area (Å²) in [6, 6.07) is 25.7. The molecule has 1 aliphatic heterocycles. The third-order valence-electron chi connectivity index (χ3n) is 4.64. The van der Waals surface area contributed by atoms with Crippen molar-refractivity contribution in [2.75, 3.05) is 6.54 Å². The second kappa shape index (κ2) is 7.02. The highest BCUT2D eigenvalue weighted by Crippen LogP contribution is 2.27. The third kappa shape index (κ3) is 3.46. The summed E-state index contributed by atoms with van der Waals surface area (Å²) in [5.74, 6) is 0.204. The highest BCUT2D eigenvalue weighted by Gasteiger charge is 2.30. The number of hydrogen-bond acceptors (Lipinski definition) is 3. The summed E-state index contributed by atoms with van der Waals surface area (Å²) in [5.41, 5.74) is 4.40. The van der Waals surface area contributed by atoms with E-state index in [9.17, 15) is 9.90 Å². The first-order chi connectivity index (χ1) is 12.7. The summed E-state index contributed by atoms with van der Waals surface area (Å²) in [4.78, 5) is 14.0. The van der Waals surface area contributed by atoms with Crippen LogP contribution in [0.1, 0.15) is 17.3 Å². The van der Waals surface area contributed by atoms with Gasteiger partial charge in [-0.1, -0.05) is 66.7 Å². The standard InChI is InChI=1S/C22H20N2O2/c25-20-8-4-7-19(13-20)22-23-21(26)15-24(22)14-16-9-11-18(12-10-16)17-5-2-1-3-6-17/h1-13,22,25H,14-15H2,(H,23,26). The second-order valence-electron chi connectivity index (χ2n) is 6.53. The summed E-state index contributed by atoms with van der Waals surface area (Å²) in [5, 5.41) is 12.7. The zero-order chi connectivity index (χ0) is 17.9. The molecule has 1 unspecified atom stereocenters. The van der Waals surface area contributed by atoms with Crippen LogP contribution < -0.4 is 5.32 Å². The Kier molecular flexibility index (Phi) is 4.42. The van der Waals surface area contributed by atoms with Gasteiger partial charge in [-0.05, 0) is 34.4 Å². The van der Waals surface area contributed by atoms with Crippen molar-refractivity contribution in [3.8, 4) is 16.9 Å². The van der Waals surface area contributed by atoms with Crippen LogP contribution in [0, 0.1) is 0 Å². The van der Waals surface area contributed by atoms with Crippen LogP contribution in [-0.4, -0.2) is 22.5 Å². The molecule has 4 heteroatoms. The first-order valence-corrected chi connectivity index (χ1v) is 8.66. The highest BCUT2D eigenvalue weighted by atomic mass is 16.3. The first-order valence-electron chi connectivity index (χ1n) is 8.66. The van der Waals surface area contributed by atoms with Crippen molar-refractivity contribution < 1.29 is 9.90 Å². The van der Waals surface area contributed by atoms with Gasteiger partial charge in [0.05, 0.1) is 6.54 Å². The lowest BCUT2D eigenvalue weighted by atomic mass is 10.0. The fourth-order valence-electron chi connectivity index (χ4n) is 3.37. The van der Waals surface area contributed by atoms with Crippen LogP contribution in [0.2, 0.25) is 0 Å². The molecule has 0 saturated carbocycles. The van der Waals surface area contributed by atoms with E-state index in [4.69, 9.17) is 0 Å². The molecule has 0 aromatic heterocycles. The summed E-state index contributed by atoms with van der Waals surface area (Å²) < 4.78 is 0. The molecular weight excluding hydrogens is 324 g/mol. The molecule has 130 valence electrons. The Labute approximate surface area is 152 Å². The average molecular weight is 344 g/mol. The quantitative estimate of drug-likeness (QED) is 0.759. The van der Waals surface area contributed by atoms with Crippen LogP contribution in [-0.2, 0) is 11.3 Å². The molecule has 0 radical (unpaired) electrons. The molecule has 1 atom stereocenters. The lowest BCUT2D eigenvalue weighted by Gasteiger charge is -2.23. The normalized spacial score (nSPS) is 17.2. The Hall–Kier alpha value is -3.11. The smallest absolute Gasteiger partial charge is 0.235 e. The molecular formula is C22H20N2O2. The van der Waals surface area contributed by atoms with Crippen molar-refractivity contribution in [2.24, 2.45) is 0 Å². The molecule has 0 bridgehead atoms. The van der Waals surface area contributed by atoms with E-state index in [0.717, 1.165) is 11.1 Å². The van der Waals surface area contributed by atoms with E-state index >= 15 is 0 Å². The fourth-order valence-corrected chi connectivity index (χ4v) is 3.37. The van der Waals surface area contributed by atoms with Crippen molar-refractivity contribution in [1.29, 1.82) is 0 Å². The second-order valence-corrected chi connectivity index (χ2v) is 6.53. The van der Waals surface area contributed by atoms with E-state index in [0.29, 0.717) is 13.1 Å². The number of amides is 1. The Morgan fingerprint density at radius 1 is 0.923 bits per heavy atom. The molecule has 1 fully saturated rings. The number of benzene rings is 3. The summed E-state index contributed by atoms with van der Waals surface area (Å²) in [6.07, 6.45) is -0.219. The molecule has 0 aliphatic carbocycles. The van der Waals surface area contributed by atoms with Crippen molar-refractivity contribution >= 4 is 5.91 Å². The Morgan fingerprint density at radius 3 is 2.38 bits per heavy atom. The van der Waals surface area contributed by atoms with Gasteiger partial charge in [0.15, 0.2) is 0 Å². The van der Waals surface area contributed by atoms with Crippen molar-refractivity contribution in [3.63, 3.8) is 0 Å². The van der Waals surface area contributed by atoms with Crippen molar-refractivity contribution in [1.82, 2.24) is 10.2 Å². The van der Waals surface area contributed by atoms with Gasteiger partial charge in [-0.15, -0.1) is 0 Å². The van der Waals surface area contributed by atoms with Gasteiger partial charge in [0, 0.05) is 6.54 Å². The van der Waals surface area contributed by atoms with Crippen LogP contribution in [0.4, 0.5) is 0 Å². The van der Waals surface area contributed by atoms with Gasteiger partial charge in [0.25, 0.3) is 0 Å². The van der Waals surface area contributed by atoms with E-state index in [-0.39, 0.29) is 17.8 Å². The molecule has 26 heavy (non-hydrogen) atoms. The SMILES string of the molecule is O=C1CN(Cc2ccc(-c3ccccc3)cc2)C(c2cccc(O)c2)N1. The van der Waals surface area contributed by atoms with Crippen molar-refractivity contribution in [2.45, 2.75) is 12.7 Å². The Balaban J connectivity index is 1.53. The maximum absolute atomic E-state index is 11.9. The van der Waals surface area contributed by atoms with E-state index in [2.05, 4.69) is 46.6 Å². The molecule has 1 amide bonds. The van der Waals surface area contributed by atoms with Crippen LogP contribution in [0.3, 0.4) is 0 Å². The minimum Gasteiger partial charge on any atom is -0.508 e. The van der Waals surface area contributed by atoms with Gasteiger partial charge in [-0.2, -0.15) is 0 Å². The predicted octanol–water partition coefficient (Wildman–Crippen LogP) is 3.69. The molecule has 1 heterocycles. The fraction of sp³-hybridized carbons (Fsp3) is 0.136. The van der Waals surface area contributed by atoms with Gasteiger partial charge >= 0.3 is 0 Å². The van der Waals surface area contributed by atoms with Crippen LogP contribution in [0.5, 0.6) is 5.75 Å². The number of rotatable bonds is 4.